The lowest BCUT2D eigenvalue weighted by Crippen LogP contribution is -2.37. The molecule has 0 bridgehead atoms. The van der Waals surface area contributed by atoms with Crippen LogP contribution in [0.1, 0.15) is 36.5 Å². The van der Waals surface area contributed by atoms with E-state index in [1.165, 1.54) is 16.7 Å². The molecule has 0 heterocycles. The number of ether oxygens (including phenoxy) is 2. The average Bonchev–Trinajstić information content (AvgIpc) is 2.74. The summed E-state index contributed by atoms with van der Waals surface area (Å²) in [6.07, 6.45) is 2.13. The van der Waals surface area contributed by atoms with Gasteiger partial charge in [-0.3, -0.25) is 4.99 Å². The van der Waals surface area contributed by atoms with Crippen LogP contribution in [0.25, 0.3) is 0 Å². The summed E-state index contributed by atoms with van der Waals surface area (Å²) in [5.74, 6) is 0.826. The fourth-order valence-electron chi connectivity index (χ4n) is 2.70. The van der Waals surface area contributed by atoms with Gasteiger partial charge in [-0.15, -0.1) is 24.0 Å². The van der Waals surface area contributed by atoms with Gasteiger partial charge in [-0.05, 0) is 36.5 Å². The van der Waals surface area contributed by atoms with Gasteiger partial charge in [0.05, 0.1) is 13.2 Å². The first kappa shape index (κ1) is 25.4. The molecule has 160 valence electrons. The Labute approximate surface area is 192 Å². The second kappa shape index (κ2) is 16.2. The van der Waals surface area contributed by atoms with Gasteiger partial charge < -0.3 is 20.1 Å². The van der Waals surface area contributed by atoms with Crippen molar-refractivity contribution in [1.82, 2.24) is 10.6 Å². The average molecular weight is 511 g/mol. The predicted octanol–water partition coefficient (Wildman–Crippen LogP) is 4.50. The molecular formula is C23H34IN3O2. The minimum atomic E-state index is 0. The van der Waals surface area contributed by atoms with Crippen molar-refractivity contribution in [2.45, 2.75) is 39.5 Å². The van der Waals surface area contributed by atoms with Crippen molar-refractivity contribution in [2.75, 3.05) is 26.8 Å². The highest BCUT2D eigenvalue weighted by molar-refractivity contribution is 14.0. The van der Waals surface area contributed by atoms with E-state index < -0.39 is 0 Å². The SMILES string of the molecule is CCOCCCCNC(=NC)NCc1ccc(COCc2ccccc2)cc1.I. The summed E-state index contributed by atoms with van der Waals surface area (Å²) in [6, 6.07) is 18.7. The van der Waals surface area contributed by atoms with Crippen LogP contribution in [0.5, 0.6) is 0 Å². The van der Waals surface area contributed by atoms with Gasteiger partial charge in [0.2, 0.25) is 0 Å². The van der Waals surface area contributed by atoms with Crippen LogP contribution in [-0.2, 0) is 29.2 Å². The van der Waals surface area contributed by atoms with Gasteiger partial charge in [0.1, 0.15) is 0 Å². The first-order valence-electron chi connectivity index (χ1n) is 10.0. The van der Waals surface area contributed by atoms with Crippen molar-refractivity contribution in [3.63, 3.8) is 0 Å². The van der Waals surface area contributed by atoms with E-state index in [2.05, 4.69) is 52.0 Å². The number of nitrogens with zero attached hydrogens (tertiary/aromatic N) is 1. The fourth-order valence-corrected chi connectivity index (χ4v) is 2.70. The second-order valence-corrected chi connectivity index (χ2v) is 6.55. The molecule has 2 aromatic carbocycles. The molecule has 0 amide bonds. The maximum atomic E-state index is 5.79. The van der Waals surface area contributed by atoms with E-state index in [0.29, 0.717) is 13.2 Å². The maximum absolute atomic E-state index is 5.79. The molecule has 0 radical (unpaired) electrons. The third kappa shape index (κ3) is 11.2. The minimum Gasteiger partial charge on any atom is -0.382 e. The van der Waals surface area contributed by atoms with Crippen LogP contribution in [-0.4, -0.2) is 32.8 Å². The highest BCUT2D eigenvalue weighted by Crippen LogP contribution is 2.08. The van der Waals surface area contributed by atoms with Crippen molar-refractivity contribution in [3.8, 4) is 0 Å². The van der Waals surface area contributed by atoms with Crippen molar-refractivity contribution in [1.29, 1.82) is 0 Å². The number of rotatable bonds is 12. The van der Waals surface area contributed by atoms with Crippen LogP contribution < -0.4 is 10.6 Å². The van der Waals surface area contributed by atoms with Gasteiger partial charge >= 0.3 is 0 Å². The number of hydrogen-bond donors (Lipinski definition) is 2. The van der Waals surface area contributed by atoms with Crippen LogP contribution in [0.2, 0.25) is 0 Å². The van der Waals surface area contributed by atoms with Crippen LogP contribution >= 0.6 is 24.0 Å². The van der Waals surface area contributed by atoms with Crippen molar-refractivity contribution in [3.05, 3.63) is 71.3 Å². The zero-order valence-corrected chi connectivity index (χ0v) is 19.9. The number of nitrogens with one attached hydrogen (secondary N) is 2. The molecular weight excluding hydrogens is 477 g/mol. The predicted molar refractivity (Wildman–Crippen MR) is 131 cm³/mol. The van der Waals surface area contributed by atoms with Crippen LogP contribution in [0, 0.1) is 0 Å². The summed E-state index contributed by atoms with van der Waals surface area (Å²) in [5, 5.41) is 6.68. The number of guanidine groups is 1. The van der Waals surface area contributed by atoms with Crippen LogP contribution in [0.4, 0.5) is 0 Å². The van der Waals surface area contributed by atoms with Gasteiger partial charge in [0, 0.05) is 33.4 Å². The molecule has 0 aliphatic carbocycles. The topological polar surface area (TPSA) is 54.9 Å². The number of hydrogen-bond acceptors (Lipinski definition) is 3. The van der Waals surface area contributed by atoms with E-state index in [-0.39, 0.29) is 24.0 Å². The van der Waals surface area contributed by atoms with Crippen molar-refractivity contribution >= 4 is 29.9 Å². The van der Waals surface area contributed by atoms with E-state index in [9.17, 15) is 0 Å². The van der Waals surface area contributed by atoms with E-state index in [4.69, 9.17) is 9.47 Å². The fraction of sp³-hybridized carbons (Fsp3) is 0.435. The number of aliphatic imine (C=N–C) groups is 1. The van der Waals surface area contributed by atoms with Gasteiger partial charge in [0.25, 0.3) is 0 Å². The molecule has 5 nitrogen and oxygen atoms in total. The first-order chi connectivity index (χ1) is 13.8. The van der Waals surface area contributed by atoms with Gasteiger partial charge in [0.15, 0.2) is 5.96 Å². The standard InChI is InChI=1S/C23H33N3O2.HI/c1-3-27-16-8-7-15-25-23(24-2)26-17-20-11-13-22(14-12-20)19-28-18-21-9-5-4-6-10-21;/h4-6,9-14H,3,7-8,15-19H2,1-2H3,(H2,24,25,26);1H. The molecule has 29 heavy (non-hydrogen) atoms. The Kier molecular flexibility index (Phi) is 14.2. The Morgan fingerprint density at radius 1 is 0.828 bits per heavy atom. The summed E-state index contributed by atoms with van der Waals surface area (Å²) in [7, 11) is 1.79. The summed E-state index contributed by atoms with van der Waals surface area (Å²) >= 11 is 0. The van der Waals surface area contributed by atoms with E-state index in [1.807, 2.05) is 25.1 Å². The minimum absolute atomic E-state index is 0. The molecule has 0 aliphatic heterocycles. The Morgan fingerprint density at radius 3 is 2.14 bits per heavy atom. The lowest BCUT2D eigenvalue weighted by atomic mass is 10.1. The van der Waals surface area contributed by atoms with Crippen molar-refractivity contribution in [2.24, 2.45) is 4.99 Å². The molecule has 0 unspecified atom stereocenters. The third-order valence-corrected chi connectivity index (χ3v) is 4.30. The molecule has 2 N–H and O–H groups in total. The number of unbranched alkanes of at least 4 members (excludes halogenated alkanes) is 1. The molecule has 0 saturated heterocycles. The van der Waals surface area contributed by atoms with Crippen LogP contribution in [0.15, 0.2) is 59.6 Å². The molecule has 0 aliphatic rings. The van der Waals surface area contributed by atoms with Gasteiger partial charge in [-0.1, -0.05) is 54.6 Å². The number of halogens is 1. The lowest BCUT2D eigenvalue weighted by Gasteiger charge is -2.12. The largest absolute Gasteiger partial charge is 0.382 e. The highest BCUT2D eigenvalue weighted by Gasteiger charge is 2.00. The molecule has 6 heteroatoms. The summed E-state index contributed by atoms with van der Waals surface area (Å²) in [6.45, 7) is 6.52. The third-order valence-electron chi connectivity index (χ3n) is 4.30. The highest BCUT2D eigenvalue weighted by atomic mass is 127. The van der Waals surface area contributed by atoms with E-state index >= 15 is 0 Å². The zero-order chi connectivity index (χ0) is 19.9. The van der Waals surface area contributed by atoms with E-state index in [1.54, 1.807) is 7.05 Å². The molecule has 0 aromatic heterocycles. The smallest absolute Gasteiger partial charge is 0.191 e. The summed E-state index contributed by atoms with van der Waals surface area (Å²) in [4.78, 5) is 4.27. The Bertz CT molecular complexity index is 678. The summed E-state index contributed by atoms with van der Waals surface area (Å²) < 4.78 is 11.1. The monoisotopic (exact) mass is 511 g/mol. The second-order valence-electron chi connectivity index (χ2n) is 6.55. The summed E-state index contributed by atoms with van der Waals surface area (Å²) in [5.41, 5.74) is 3.59. The van der Waals surface area contributed by atoms with Gasteiger partial charge in [-0.25, -0.2) is 0 Å². The lowest BCUT2D eigenvalue weighted by molar-refractivity contribution is 0.107. The first-order valence-corrected chi connectivity index (χ1v) is 10.0. The Morgan fingerprint density at radius 2 is 1.48 bits per heavy atom. The molecule has 2 aromatic rings. The molecule has 0 saturated carbocycles. The van der Waals surface area contributed by atoms with Crippen molar-refractivity contribution < 1.29 is 9.47 Å². The van der Waals surface area contributed by atoms with E-state index in [0.717, 1.165) is 45.1 Å². The Hall–Kier alpha value is -1.64. The zero-order valence-electron chi connectivity index (χ0n) is 17.5. The Balaban J connectivity index is 0.00000420. The van der Waals surface area contributed by atoms with Crippen LogP contribution in [0.3, 0.4) is 0 Å². The normalized spacial score (nSPS) is 11.0. The quantitative estimate of drug-likeness (QED) is 0.191. The molecule has 0 spiro atoms. The van der Waals surface area contributed by atoms with Gasteiger partial charge in [-0.2, -0.15) is 0 Å². The molecule has 0 fully saturated rings. The molecule has 2 rings (SSSR count). The molecule has 0 atom stereocenters. The number of benzene rings is 2. The maximum Gasteiger partial charge on any atom is 0.191 e.